The zero-order valence-corrected chi connectivity index (χ0v) is 14.8. The minimum absolute atomic E-state index is 0.0572. The topological polar surface area (TPSA) is 114 Å². The Morgan fingerprint density at radius 1 is 1.11 bits per heavy atom. The van der Waals surface area contributed by atoms with Gasteiger partial charge in [-0.05, 0) is 35.4 Å². The van der Waals surface area contributed by atoms with Gasteiger partial charge in [0.1, 0.15) is 5.75 Å². The highest BCUT2D eigenvalue weighted by Crippen LogP contribution is 2.27. The lowest BCUT2D eigenvalue weighted by Crippen LogP contribution is -2.34. The molecule has 0 heterocycles. The van der Waals surface area contributed by atoms with Gasteiger partial charge in [-0.2, -0.15) is 0 Å². The molecule has 0 amide bonds. The lowest BCUT2D eigenvalue weighted by molar-refractivity contribution is -0.274. The molecule has 0 unspecified atom stereocenters. The van der Waals surface area contributed by atoms with Crippen molar-refractivity contribution in [1.82, 2.24) is 5.43 Å². The van der Waals surface area contributed by atoms with E-state index in [9.17, 15) is 18.0 Å². The van der Waals surface area contributed by atoms with Crippen LogP contribution in [0.4, 0.5) is 18.9 Å². The van der Waals surface area contributed by atoms with Crippen LogP contribution in [0.1, 0.15) is 0 Å². The van der Waals surface area contributed by atoms with E-state index >= 15 is 0 Å². The molecular weight excluding hydrogens is 377 g/mol. The van der Waals surface area contributed by atoms with Gasteiger partial charge in [-0.15, -0.1) is 13.2 Å². The van der Waals surface area contributed by atoms with E-state index in [4.69, 9.17) is 16.7 Å². The first kappa shape index (κ1) is 20.9. The summed E-state index contributed by atoms with van der Waals surface area (Å²) in [5, 5.41) is 9.00. The number of likely N-dealkylation sites (N-methyl/N-ethyl adjacent to an activating group) is 1. The first-order chi connectivity index (χ1) is 13.1. The van der Waals surface area contributed by atoms with Crippen LogP contribution in [-0.2, 0) is 4.79 Å². The molecule has 7 nitrogen and oxygen atoms in total. The Labute approximate surface area is 159 Å². The highest BCUT2D eigenvalue weighted by Gasteiger charge is 2.30. The molecule has 10 heteroatoms. The molecule has 0 fully saturated rings. The van der Waals surface area contributed by atoms with Crippen LogP contribution in [0.3, 0.4) is 0 Å². The van der Waals surface area contributed by atoms with E-state index in [1.54, 1.807) is 36.2 Å². The van der Waals surface area contributed by atoms with Crippen molar-refractivity contribution in [2.45, 2.75) is 6.36 Å². The van der Waals surface area contributed by atoms with Crippen molar-refractivity contribution in [2.75, 3.05) is 18.5 Å². The van der Waals surface area contributed by atoms with Crippen molar-refractivity contribution in [1.29, 1.82) is 0 Å². The molecule has 0 spiro atoms. The summed E-state index contributed by atoms with van der Waals surface area (Å²) in [4.78, 5) is 12.7. The maximum Gasteiger partial charge on any atom is 0.573 e. The van der Waals surface area contributed by atoms with Gasteiger partial charge in [-0.1, -0.05) is 24.3 Å². The summed E-state index contributed by atoms with van der Waals surface area (Å²) in [6.45, 7) is 0.120. The van der Waals surface area contributed by atoms with Crippen molar-refractivity contribution in [2.24, 2.45) is 11.6 Å². The Bertz CT molecular complexity index is 850. The van der Waals surface area contributed by atoms with Crippen LogP contribution in [-0.4, -0.2) is 31.0 Å². The van der Waals surface area contributed by atoms with Gasteiger partial charge in [0.05, 0.1) is 12.2 Å². The first-order valence-corrected chi connectivity index (χ1v) is 7.96. The average molecular weight is 396 g/mol. The van der Waals surface area contributed by atoms with E-state index in [1.807, 2.05) is 0 Å². The third-order valence-corrected chi connectivity index (χ3v) is 3.82. The van der Waals surface area contributed by atoms with Crippen molar-refractivity contribution in [3.63, 3.8) is 0 Å². The van der Waals surface area contributed by atoms with Crippen LogP contribution >= 0.6 is 0 Å². The SMILES string of the molecule is CN(C/C(N)=C(/NN)C(=O)O)c1ccc(-c2ccc(OC(F)(F)F)cc2)cc1. The zero-order chi connectivity index (χ0) is 20.9. The van der Waals surface area contributed by atoms with Crippen LogP contribution in [0.25, 0.3) is 11.1 Å². The summed E-state index contributed by atoms with van der Waals surface area (Å²) in [6, 6.07) is 12.6. The van der Waals surface area contributed by atoms with E-state index < -0.39 is 12.3 Å². The third-order valence-electron chi connectivity index (χ3n) is 3.82. The molecule has 0 radical (unpaired) electrons. The normalized spacial score (nSPS) is 12.2. The molecule has 2 aromatic carbocycles. The second-order valence-electron chi connectivity index (χ2n) is 5.82. The summed E-state index contributed by atoms with van der Waals surface area (Å²) in [5.41, 5.74) is 9.85. The fourth-order valence-electron chi connectivity index (χ4n) is 2.48. The largest absolute Gasteiger partial charge is 0.573 e. The standard InChI is InChI=1S/C18H19F3N4O3/c1-25(10-15(22)16(24-23)17(26)27)13-6-2-11(3-7-13)12-4-8-14(9-5-12)28-18(19,20)21/h2-9,24H,10,22-23H2,1H3,(H,26,27)/b16-15-. The van der Waals surface area contributed by atoms with Gasteiger partial charge in [0.2, 0.25) is 0 Å². The van der Waals surface area contributed by atoms with Crippen molar-refractivity contribution in [3.8, 4) is 16.9 Å². The number of alkyl halides is 3. The Morgan fingerprint density at radius 2 is 1.61 bits per heavy atom. The monoisotopic (exact) mass is 396 g/mol. The molecule has 2 rings (SSSR count). The number of hydrazine groups is 1. The number of hydrogen-bond acceptors (Lipinski definition) is 6. The fourth-order valence-corrected chi connectivity index (χ4v) is 2.48. The number of benzene rings is 2. The molecule has 0 atom stereocenters. The highest BCUT2D eigenvalue weighted by atomic mass is 19.4. The molecule has 0 saturated heterocycles. The molecule has 2 aromatic rings. The second kappa shape index (κ2) is 8.53. The molecule has 0 aromatic heterocycles. The van der Waals surface area contributed by atoms with Gasteiger partial charge in [0.15, 0.2) is 5.70 Å². The summed E-state index contributed by atoms with van der Waals surface area (Å²) in [5.74, 6) is 3.60. The summed E-state index contributed by atoms with van der Waals surface area (Å²) < 4.78 is 40.5. The van der Waals surface area contributed by atoms with E-state index in [1.165, 1.54) is 24.3 Å². The molecule has 0 aliphatic carbocycles. The number of nitrogens with two attached hydrogens (primary N) is 2. The Kier molecular flexibility index (Phi) is 6.37. The number of hydrogen-bond donors (Lipinski definition) is 4. The second-order valence-corrected chi connectivity index (χ2v) is 5.82. The van der Waals surface area contributed by atoms with Crippen LogP contribution in [0, 0.1) is 0 Å². The number of rotatable bonds is 7. The van der Waals surface area contributed by atoms with Crippen LogP contribution in [0.15, 0.2) is 59.9 Å². The molecule has 0 saturated carbocycles. The first-order valence-electron chi connectivity index (χ1n) is 7.96. The quantitative estimate of drug-likeness (QED) is 0.323. The van der Waals surface area contributed by atoms with E-state index in [2.05, 4.69) is 10.2 Å². The number of carboxylic acids is 1. The Hall–Kier alpha value is -3.40. The summed E-state index contributed by atoms with van der Waals surface area (Å²) in [7, 11) is 1.72. The lowest BCUT2D eigenvalue weighted by Gasteiger charge is -2.21. The maximum atomic E-state index is 12.2. The summed E-state index contributed by atoms with van der Waals surface area (Å²) in [6.07, 6.45) is -4.73. The maximum absolute atomic E-state index is 12.2. The smallest absolute Gasteiger partial charge is 0.476 e. The average Bonchev–Trinajstić information content (AvgIpc) is 2.61. The van der Waals surface area contributed by atoms with E-state index in [0.717, 1.165) is 11.3 Å². The van der Waals surface area contributed by atoms with E-state index in [-0.39, 0.29) is 23.7 Å². The van der Waals surface area contributed by atoms with Crippen molar-refractivity contribution in [3.05, 3.63) is 59.9 Å². The molecule has 6 N–H and O–H groups in total. The van der Waals surface area contributed by atoms with Gasteiger partial charge in [-0.25, -0.2) is 4.79 Å². The number of aliphatic carboxylic acids is 1. The summed E-state index contributed by atoms with van der Waals surface area (Å²) >= 11 is 0. The van der Waals surface area contributed by atoms with Gasteiger partial charge in [0, 0.05) is 12.7 Å². The van der Waals surface area contributed by atoms with Crippen LogP contribution in [0.2, 0.25) is 0 Å². The lowest BCUT2D eigenvalue weighted by atomic mass is 10.1. The van der Waals surface area contributed by atoms with Crippen LogP contribution in [0.5, 0.6) is 5.75 Å². The Morgan fingerprint density at radius 3 is 2.04 bits per heavy atom. The number of carboxylic acid groups (broad SMARTS) is 1. The fraction of sp³-hybridized carbons (Fsp3) is 0.167. The number of anilines is 1. The number of carbonyl (C=O) groups is 1. The van der Waals surface area contributed by atoms with Gasteiger partial charge >= 0.3 is 12.3 Å². The molecule has 0 bridgehead atoms. The molecule has 0 aliphatic heterocycles. The van der Waals surface area contributed by atoms with Gasteiger partial charge in [-0.3, -0.25) is 5.84 Å². The van der Waals surface area contributed by atoms with E-state index in [0.29, 0.717) is 5.56 Å². The van der Waals surface area contributed by atoms with Gasteiger partial charge < -0.3 is 25.9 Å². The van der Waals surface area contributed by atoms with Crippen LogP contribution < -0.4 is 26.6 Å². The predicted octanol–water partition coefficient (Wildman–Crippen LogP) is 2.41. The van der Waals surface area contributed by atoms with Crippen molar-refractivity contribution >= 4 is 11.7 Å². The minimum Gasteiger partial charge on any atom is -0.476 e. The highest BCUT2D eigenvalue weighted by molar-refractivity contribution is 5.86. The third kappa shape index (κ3) is 5.55. The molecular formula is C18H19F3N4O3. The van der Waals surface area contributed by atoms with Crippen molar-refractivity contribution < 1.29 is 27.8 Å². The number of nitrogens with zero attached hydrogens (tertiary/aromatic N) is 1. The number of nitrogens with one attached hydrogen (secondary N) is 1. The molecule has 0 aliphatic rings. The molecule has 150 valence electrons. The zero-order valence-electron chi connectivity index (χ0n) is 14.8. The minimum atomic E-state index is -4.73. The van der Waals surface area contributed by atoms with Gasteiger partial charge in [0.25, 0.3) is 0 Å². The predicted molar refractivity (Wildman–Crippen MR) is 98.0 cm³/mol. The Balaban J connectivity index is 2.11. The molecule has 28 heavy (non-hydrogen) atoms. The number of halogens is 3. The number of ether oxygens (including phenoxy) is 1.